The van der Waals surface area contributed by atoms with Crippen LogP contribution in [0.4, 0.5) is 0 Å². The van der Waals surface area contributed by atoms with Crippen molar-refractivity contribution in [3.05, 3.63) is 83.0 Å². The number of hydrogen-bond donors (Lipinski definition) is 2. The quantitative estimate of drug-likeness (QED) is 0.217. The lowest BCUT2D eigenvalue weighted by Crippen LogP contribution is -2.58. The molecule has 330 valence electrons. The lowest BCUT2D eigenvalue weighted by Gasteiger charge is -2.51. The van der Waals surface area contributed by atoms with E-state index >= 15 is 0 Å². The molecule has 1 spiro atoms. The first-order chi connectivity index (χ1) is 28.7. The summed E-state index contributed by atoms with van der Waals surface area (Å²) in [5.41, 5.74) is 0.607. The summed E-state index contributed by atoms with van der Waals surface area (Å²) in [6.45, 7) is 14.3. The van der Waals surface area contributed by atoms with E-state index in [1.165, 1.54) is 0 Å². The third-order valence-corrected chi connectivity index (χ3v) is 13.9. The molecule has 7 rings (SSSR count). The standard InChI is InChI=1S/C48H66O12/c1-9-27(2)42-30(5)20-21-47(60-42)25-36-23-35(59-47)19-18-29(4)41(57-39-24-38(53-8)43(32(7)55-39)58-45(50)33-15-11-10-12-16-33)28(3)14-13-17-34-26-54-44-40(49)31(6)22-37(46(51)56-36)48(34,44)52/h10-18,22,27-28,30,32,35-44,49,52H,9,19-21,23-26H2,1-8H3/b14-13+,29-18+,34-17+/t27?,28-,30-,32-,35+,36-,37-,38-,39-,40+,41-,42+,43-,44+,47+,48+/m0/s1. The van der Waals surface area contributed by atoms with Gasteiger partial charge in [-0.05, 0) is 74.3 Å². The van der Waals surface area contributed by atoms with E-state index in [-0.39, 0.29) is 24.7 Å². The number of carbonyl (C=O) groups excluding carboxylic acids is 2. The lowest BCUT2D eigenvalue weighted by molar-refractivity contribution is -0.340. The predicted molar refractivity (Wildman–Crippen MR) is 222 cm³/mol. The van der Waals surface area contributed by atoms with Crippen LogP contribution in [0.1, 0.15) is 104 Å². The van der Waals surface area contributed by atoms with Gasteiger partial charge in [-0.3, -0.25) is 4.79 Å². The van der Waals surface area contributed by atoms with Crippen LogP contribution in [0.15, 0.2) is 77.4 Å². The Kier molecular flexibility index (Phi) is 13.9. The normalized spacial score (nSPS) is 43.9. The summed E-state index contributed by atoms with van der Waals surface area (Å²) >= 11 is 0. The molecule has 0 saturated carbocycles. The molecule has 1 aromatic rings. The Morgan fingerprint density at radius 3 is 2.55 bits per heavy atom. The number of methoxy groups -OCH3 is 1. The number of ether oxygens (including phenoxy) is 8. The van der Waals surface area contributed by atoms with E-state index in [9.17, 15) is 19.8 Å². The Bertz CT molecular complexity index is 1800. The molecule has 0 radical (unpaired) electrons. The van der Waals surface area contributed by atoms with Gasteiger partial charge in [0, 0.05) is 38.7 Å². The number of aliphatic hydroxyl groups is 2. The summed E-state index contributed by atoms with van der Waals surface area (Å²) < 4.78 is 51.5. The number of rotatable bonds is 7. The maximum absolute atomic E-state index is 14.3. The molecular weight excluding hydrogens is 769 g/mol. The first kappa shape index (κ1) is 44.8. The van der Waals surface area contributed by atoms with Crippen molar-refractivity contribution < 1.29 is 57.7 Å². The fraction of sp³-hybridized carbons (Fsp3) is 0.667. The Labute approximate surface area is 355 Å². The number of benzene rings is 1. The highest BCUT2D eigenvalue weighted by Crippen LogP contribution is 2.48. The highest BCUT2D eigenvalue weighted by Gasteiger charge is 2.60. The molecule has 0 aromatic heterocycles. The van der Waals surface area contributed by atoms with Crippen molar-refractivity contribution in [2.45, 2.75) is 166 Å². The molecule has 12 nitrogen and oxygen atoms in total. The van der Waals surface area contributed by atoms with Crippen LogP contribution < -0.4 is 0 Å². The lowest BCUT2D eigenvalue weighted by atomic mass is 9.71. The van der Waals surface area contributed by atoms with Crippen LogP contribution in [0.2, 0.25) is 0 Å². The van der Waals surface area contributed by atoms with Gasteiger partial charge in [0.1, 0.15) is 35.9 Å². The van der Waals surface area contributed by atoms with Crippen LogP contribution >= 0.6 is 0 Å². The van der Waals surface area contributed by atoms with Crippen molar-refractivity contribution in [1.82, 2.24) is 0 Å². The average Bonchev–Trinajstić information content (AvgIpc) is 3.57. The second-order valence-corrected chi connectivity index (χ2v) is 18.2. The average molecular weight is 835 g/mol. The maximum atomic E-state index is 14.3. The second-order valence-electron chi connectivity index (χ2n) is 18.2. The zero-order valence-corrected chi connectivity index (χ0v) is 36.5. The van der Waals surface area contributed by atoms with Crippen molar-refractivity contribution >= 4 is 11.9 Å². The molecule has 2 N–H and O–H groups in total. The Morgan fingerprint density at radius 1 is 1.05 bits per heavy atom. The molecule has 5 aliphatic heterocycles. The zero-order valence-electron chi connectivity index (χ0n) is 36.5. The van der Waals surface area contributed by atoms with Crippen molar-refractivity contribution in [1.29, 1.82) is 0 Å². The molecule has 5 heterocycles. The molecule has 2 bridgehead atoms. The minimum atomic E-state index is -1.82. The molecule has 12 heteroatoms. The molecule has 4 fully saturated rings. The maximum Gasteiger partial charge on any atom is 0.338 e. The van der Waals surface area contributed by atoms with Crippen molar-refractivity contribution in [2.24, 2.45) is 23.7 Å². The van der Waals surface area contributed by atoms with Gasteiger partial charge in [-0.1, -0.05) is 82.7 Å². The van der Waals surface area contributed by atoms with Gasteiger partial charge in [-0.2, -0.15) is 0 Å². The summed E-state index contributed by atoms with van der Waals surface area (Å²) in [6.07, 6.45) is 7.79. The van der Waals surface area contributed by atoms with E-state index in [1.54, 1.807) is 50.5 Å². The van der Waals surface area contributed by atoms with Gasteiger partial charge in [0.2, 0.25) is 0 Å². The number of fused-ring (bicyclic) bond motifs is 2. The molecular formula is C48H66O12. The van der Waals surface area contributed by atoms with Gasteiger partial charge in [-0.25, -0.2) is 4.79 Å². The molecule has 16 atom stereocenters. The van der Waals surface area contributed by atoms with Gasteiger partial charge in [-0.15, -0.1) is 0 Å². The third-order valence-electron chi connectivity index (χ3n) is 13.9. The summed E-state index contributed by atoms with van der Waals surface area (Å²) in [6, 6.07) is 8.86. The smallest absolute Gasteiger partial charge is 0.338 e. The highest BCUT2D eigenvalue weighted by atomic mass is 16.7. The molecule has 1 aliphatic carbocycles. The molecule has 6 aliphatic rings. The minimum Gasteiger partial charge on any atom is -0.462 e. The summed E-state index contributed by atoms with van der Waals surface area (Å²) in [5.74, 6) is -2.57. The number of esters is 2. The molecule has 1 unspecified atom stereocenters. The molecule has 4 saturated heterocycles. The predicted octanol–water partition coefficient (Wildman–Crippen LogP) is 6.93. The van der Waals surface area contributed by atoms with Crippen LogP contribution in [0, 0.1) is 23.7 Å². The summed E-state index contributed by atoms with van der Waals surface area (Å²) in [5, 5.41) is 23.7. The summed E-state index contributed by atoms with van der Waals surface area (Å²) in [7, 11) is 1.60. The van der Waals surface area contributed by atoms with E-state index in [1.807, 2.05) is 32.1 Å². The van der Waals surface area contributed by atoms with Gasteiger partial charge in [0.25, 0.3) is 0 Å². The minimum absolute atomic E-state index is 0.00936. The Morgan fingerprint density at radius 2 is 1.82 bits per heavy atom. The number of allylic oxidation sites excluding steroid dienone is 2. The highest BCUT2D eigenvalue weighted by molar-refractivity contribution is 5.89. The van der Waals surface area contributed by atoms with Crippen LogP contribution in [0.5, 0.6) is 0 Å². The van der Waals surface area contributed by atoms with Gasteiger partial charge in [0.15, 0.2) is 18.2 Å². The van der Waals surface area contributed by atoms with Crippen LogP contribution in [-0.4, -0.2) is 108 Å². The van der Waals surface area contributed by atoms with Gasteiger partial charge >= 0.3 is 11.9 Å². The fourth-order valence-corrected chi connectivity index (χ4v) is 10.2. The number of aliphatic hydroxyl groups excluding tert-OH is 1. The van der Waals surface area contributed by atoms with Crippen molar-refractivity contribution in [2.75, 3.05) is 13.7 Å². The first-order valence-corrected chi connectivity index (χ1v) is 22.1. The van der Waals surface area contributed by atoms with E-state index in [0.717, 1.165) is 18.4 Å². The zero-order chi connectivity index (χ0) is 42.9. The number of hydrogen-bond acceptors (Lipinski definition) is 12. The molecule has 0 amide bonds. The SMILES string of the molecule is CCC(C)[C@H]1O[C@]2(CC[C@@H]1C)C[C@@H]1C[C@@H](C/C=C(\C)[C@@H](O[C@H]3C[C@H](OC)[C@@H](OC(=O)c4ccccc4)[C@H](C)O3)[C@@H](C)/C=C/C=C3\CO[C@@H]4[C@H](O)C(C)=C[C@@H](C(=O)O1)[C@]34O)O2. The first-order valence-electron chi connectivity index (χ1n) is 22.1. The van der Waals surface area contributed by atoms with Crippen LogP contribution in [0.25, 0.3) is 0 Å². The van der Waals surface area contributed by atoms with Gasteiger partial charge in [0.05, 0.1) is 36.6 Å². The summed E-state index contributed by atoms with van der Waals surface area (Å²) in [4.78, 5) is 27.4. The monoisotopic (exact) mass is 834 g/mol. The topological polar surface area (TPSA) is 148 Å². The van der Waals surface area contributed by atoms with Crippen molar-refractivity contribution in [3.63, 3.8) is 0 Å². The van der Waals surface area contributed by atoms with E-state index in [4.69, 9.17) is 37.9 Å². The van der Waals surface area contributed by atoms with Gasteiger partial charge < -0.3 is 48.1 Å². The third kappa shape index (κ3) is 9.13. The largest absolute Gasteiger partial charge is 0.462 e. The fourth-order valence-electron chi connectivity index (χ4n) is 10.2. The molecule has 1 aromatic carbocycles. The Hall–Kier alpha value is -3.20. The van der Waals surface area contributed by atoms with Crippen molar-refractivity contribution in [3.8, 4) is 0 Å². The van der Waals surface area contributed by atoms with E-state index in [0.29, 0.717) is 60.6 Å². The van der Waals surface area contributed by atoms with Crippen LogP contribution in [-0.2, 0) is 42.7 Å². The second kappa shape index (κ2) is 18.6. The van der Waals surface area contributed by atoms with Crippen LogP contribution in [0.3, 0.4) is 0 Å². The Balaban J connectivity index is 1.20. The number of carbonyl (C=O) groups is 2. The van der Waals surface area contributed by atoms with E-state index < -0.39 is 78.3 Å². The van der Waals surface area contributed by atoms with E-state index in [2.05, 4.69) is 33.8 Å². The molecule has 60 heavy (non-hydrogen) atoms.